The molecule has 1 aliphatic heterocycles. The maximum atomic E-state index is 5.93. The first-order valence-electron chi connectivity index (χ1n) is 12.2. The van der Waals surface area contributed by atoms with Crippen molar-refractivity contribution >= 4 is 23.0 Å². The topological polar surface area (TPSA) is 33.1 Å². The summed E-state index contributed by atoms with van der Waals surface area (Å²) >= 11 is 5.93. The van der Waals surface area contributed by atoms with Gasteiger partial charge in [-0.1, -0.05) is 31.2 Å². The number of hydrogen-bond acceptors (Lipinski definition) is 2. The highest BCUT2D eigenvalue weighted by molar-refractivity contribution is 7.80. The molecule has 0 unspecified atom stereocenters. The lowest BCUT2D eigenvalue weighted by Gasteiger charge is -2.28. The van der Waals surface area contributed by atoms with E-state index in [1.807, 2.05) is 18.3 Å². The predicted molar refractivity (Wildman–Crippen MR) is 148 cm³/mol. The van der Waals surface area contributed by atoms with Gasteiger partial charge < -0.3 is 14.8 Å². The molecule has 0 radical (unpaired) electrons. The number of thiocarbonyl (C=S) groups is 1. The lowest BCUT2D eigenvalue weighted by atomic mass is 9.96. The van der Waals surface area contributed by atoms with Crippen LogP contribution in [0.1, 0.15) is 58.3 Å². The maximum Gasteiger partial charge on any atom is 0.174 e. The summed E-state index contributed by atoms with van der Waals surface area (Å²) in [5.74, 6) is 0. The zero-order chi connectivity index (χ0) is 24.7. The molecule has 2 aromatic carbocycles. The Morgan fingerprint density at radius 2 is 1.60 bits per heavy atom. The largest absolute Gasteiger partial charge is 0.351 e. The van der Waals surface area contributed by atoms with Crippen LogP contribution in [0.5, 0.6) is 0 Å². The third kappa shape index (κ3) is 4.25. The van der Waals surface area contributed by atoms with Crippen LogP contribution in [0.25, 0.3) is 5.69 Å². The Labute approximate surface area is 213 Å². The monoisotopic (exact) mass is 480 g/mol. The molecule has 0 aliphatic carbocycles. The van der Waals surface area contributed by atoms with Gasteiger partial charge in [-0.3, -0.25) is 4.98 Å². The second-order valence-corrected chi connectivity index (χ2v) is 9.91. The number of nitrogens with zero attached hydrogens (tertiary/aromatic N) is 3. The number of benzene rings is 2. The average molecular weight is 481 g/mol. The van der Waals surface area contributed by atoms with Gasteiger partial charge in [0.05, 0.1) is 17.8 Å². The molecular formula is C30H32N4S. The van der Waals surface area contributed by atoms with E-state index in [4.69, 9.17) is 17.2 Å². The van der Waals surface area contributed by atoms with Gasteiger partial charge in [-0.15, -0.1) is 0 Å². The molecule has 2 aromatic heterocycles. The number of aromatic nitrogens is 2. The molecule has 4 aromatic rings. The lowest BCUT2D eigenvalue weighted by Crippen LogP contribution is -2.29. The van der Waals surface area contributed by atoms with E-state index in [9.17, 15) is 0 Å². The summed E-state index contributed by atoms with van der Waals surface area (Å²) in [7, 11) is 0. The van der Waals surface area contributed by atoms with Crippen LogP contribution >= 0.6 is 12.2 Å². The molecule has 1 saturated heterocycles. The zero-order valence-corrected chi connectivity index (χ0v) is 21.9. The van der Waals surface area contributed by atoms with E-state index in [2.05, 4.69) is 104 Å². The van der Waals surface area contributed by atoms with Gasteiger partial charge in [-0.2, -0.15) is 0 Å². The molecule has 5 rings (SSSR count). The van der Waals surface area contributed by atoms with Crippen LogP contribution < -0.4 is 10.2 Å². The van der Waals surface area contributed by atoms with Gasteiger partial charge in [0.1, 0.15) is 0 Å². The van der Waals surface area contributed by atoms with E-state index >= 15 is 0 Å². The van der Waals surface area contributed by atoms with Crippen LogP contribution in [0, 0.1) is 27.7 Å². The van der Waals surface area contributed by atoms with Crippen molar-refractivity contribution in [3.63, 3.8) is 0 Å². The molecule has 0 amide bonds. The standard InChI is InChI=1S/C30H32N4S/c1-6-23-10-12-24(13-11-23)34-29(28(32-30(34)35)27-9-7-8-14-31-27)26-18-21(4)33(22(26)5)25-16-19(2)15-20(3)17-25/h7-18,28-29H,6H2,1-5H3,(H,32,35)/t28-,29-/m1/s1. The molecule has 35 heavy (non-hydrogen) atoms. The Bertz CT molecular complexity index is 1350. The summed E-state index contributed by atoms with van der Waals surface area (Å²) in [6.07, 6.45) is 2.87. The van der Waals surface area contributed by atoms with E-state index in [-0.39, 0.29) is 12.1 Å². The molecule has 0 spiro atoms. The van der Waals surface area contributed by atoms with Crippen LogP contribution in [-0.2, 0) is 6.42 Å². The van der Waals surface area contributed by atoms with E-state index < -0.39 is 0 Å². The maximum absolute atomic E-state index is 5.93. The summed E-state index contributed by atoms with van der Waals surface area (Å²) in [4.78, 5) is 6.98. The van der Waals surface area contributed by atoms with Crippen LogP contribution in [0.2, 0.25) is 0 Å². The first kappa shape index (κ1) is 23.3. The minimum absolute atomic E-state index is 0.0178. The normalized spacial score (nSPS) is 17.6. The fourth-order valence-electron chi connectivity index (χ4n) is 5.41. The van der Waals surface area contributed by atoms with Crippen molar-refractivity contribution < 1.29 is 0 Å². The minimum atomic E-state index is -0.0530. The number of pyridine rings is 1. The number of anilines is 1. The minimum Gasteiger partial charge on any atom is -0.351 e. The summed E-state index contributed by atoms with van der Waals surface area (Å²) in [5, 5.41) is 4.32. The highest BCUT2D eigenvalue weighted by Crippen LogP contribution is 2.43. The highest BCUT2D eigenvalue weighted by Gasteiger charge is 2.42. The van der Waals surface area contributed by atoms with Crippen LogP contribution in [0.3, 0.4) is 0 Å². The first-order chi connectivity index (χ1) is 16.9. The van der Waals surface area contributed by atoms with Crippen LogP contribution in [0.15, 0.2) is 72.9 Å². The number of aryl methyl sites for hydroxylation is 4. The Balaban J connectivity index is 1.67. The molecule has 0 saturated carbocycles. The van der Waals surface area contributed by atoms with Crippen LogP contribution in [0.4, 0.5) is 5.69 Å². The molecule has 3 heterocycles. The van der Waals surface area contributed by atoms with E-state index in [1.54, 1.807) is 0 Å². The summed E-state index contributed by atoms with van der Waals surface area (Å²) in [6.45, 7) is 10.9. The summed E-state index contributed by atoms with van der Waals surface area (Å²) in [5.41, 5.74) is 10.8. The molecule has 4 nitrogen and oxygen atoms in total. The molecule has 1 fully saturated rings. The predicted octanol–water partition coefficient (Wildman–Crippen LogP) is 6.85. The SMILES string of the molecule is CCc1ccc(N2C(=S)N[C@H](c3ccccn3)[C@H]2c2cc(C)n(-c3cc(C)cc(C)c3)c2C)cc1. The number of nitrogens with one attached hydrogen (secondary N) is 1. The van der Waals surface area contributed by atoms with Gasteiger partial charge in [0.25, 0.3) is 0 Å². The molecule has 0 bridgehead atoms. The second-order valence-electron chi connectivity index (χ2n) is 9.52. The number of rotatable bonds is 5. The first-order valence-corrected chi connectivity index (χ1v) is 12.6. The van der Waals surface area contributed by atoms with Gasteiger partial charge in [0.2, 0.25) is 0 Å². The van der Waals surface area contributed by atoms with E-state index in [0.717, 1.165) is 22.9 Å². The van der Waals surface area contributed by atoms with Gasteiger partial charge in [-0.05, 0) is 111 Å². The summed E-state index contributed by atoms with van der Waals surface area (Å²) < 4.78 is 2.37. The van der Waals surface area contributed by atoms with Crippen molar-refractivity contribution in [3.05, 3.63) is 112 Å². The second kappa shape index (κ2) is 9.31. The van der Waals surface area contributed by atoms with Gasteiger partial charge >= 0.3 is 0 Å². The molecular weight excluding hydrogens is 448 g/mol. The van der Waals surface area contributed by atoms with Gasteiger partial charge in [0, 0.05) is 29.0 Å². The van der Waals surface area contributed by atoms with E-state index in [0.29, 0.717) is 0 Å². The molecule has 1 N–H and O–H groups in total. The van der Waals surface area contributed by atoms with Crippen molar-refractivity contribution in [2.75, 3.05) is 4.90 Å². The van der Waals surface area contributed by atoms with Crippen molar-refractivity contribution in [3.8, 4) is 5.69 Å². The third-order valence-electron chi connectivity index (χ3n) is 6.97. The average Bonchev–Trinajstić information content (AvgIpc) is 3.34. The smallest absolute Gasteiger partial charge is 0.174 e. The van der Waals surface area contributed by atoms with Crippen molar-refractivity contribution in [2.24, 2.45) is 0 Å². The molecule has 2 atom stereocenters. The van der Waals surface area contributed by atoms with Gasteiger partial charge in [-0.25, -0.2) is 0 Å². The van der Waals surface area contributed by atoms with E-state index in [1.165, 1.54) is 39.3 Å². The third-order valence-corrected chi connectivity index (χ3v) is 7.29. The fourth-order valence-corrected chi connectivity index (χ4v) is 5.75. The lowest BCUT2D eigenvalue weighted by molar-refractivity contribution is 0.565. The molecule has 1 aliphatic rings. The van der Waals surface area contributed by atoms with Crippen LogP contribution in [-0.4, -0.2) is 14.7 Å². The zero-order valence-electron chi connectivity index (χ0n) is 21.0. The quantitative estimate of drug-likeness (QED) is 0.317. The Morgan fingerprint density at radius 1 is 0.886 bits per heavy atom. The van der Waals surface area contributed by atoms with Crippen molar-refractivity contribution in [2.45, 2.75) is 53.1 Å². The molecule has 178 valence electrons. The molecule has 5 heteroatoms. The Hall–Kier alpha value is -3.44. The Kier molecular flexibility index (Phi) is 6.20. The van der Waals surface area contributed by atoms with Crippen molar-refractivity contribution in [1.29, 1.82) is 0 Å². The van der Waals surface area contributed by atoms with Gasteiger partial charge in [0.15, 0.2) is 5.11 Å². The number of hydrogen-bond donors (Lipinski definition) is 1. The Morgan fingerprint density at radius 3 is 2.23 bits per heavy atom. The summed E-state index contributed by atoms with van der Waals surface area (Å²) in [6, 6.07) is 23.8. The fraction of sp³-hybridized carbons (Fsp3) is 0.267. The van der Waals surface area contributed by atoms with Crippen molar-refractivity contribution in [1.82, 2.24) is 14.9 Å². The highest BCUT2D eigenvalue weighted by atomic mass is 32.1.